The molecule has 0 spiro atoms. The van der Waals surface area contributed by atoms with Gasteiger partial charge in [0.2, 0.25) is 0 Å². The summed E-state index contributed by atoms with van der Waals surface area (Å²) in [6.07, 6.45) is 3.61. The van der Waals surface area contributed by atoms with E-state index in [-0.39, 0.29) is 32.8 Å². The summed E-state index contributed by atoms with van der Waals surface area (Å²) < 4.78 is 51.0. The van der Waals surface area contributed by atoms with Gasteiger partial charge in [0.05, 0.1) is 26.4 Å². The van der Waals surface area contributed by atoms with Crippen molar-refractivity contribution in [3.63, 3.8) is 0 Å². The standard InChI is InChI=1S/C17H28N2O6P2/c1-5-22-26(20,23-6-2)17(27(21,24-7-3)25-8-4)13-15-14-18-16-11-9-10-12-19(15)16/h9-12,14,17H,5-8,13H2,1-4H3. The van der Waals surface area contributed by atoms with Crippen LogP contribution in [-0.4, -0.2) is 41.2 Å². The number of hydrogen-bond acceptors (Lipinski definition) is 7. The fourth-order valence-electron chi connectivity index (χ4n) is 2.86. The minimum absolute atomic E-state index is 0.111. The van der Waals surface area contributed by atoms with Crippen LogP contribution in [0.15, 0.2) is 30.6 Å². The van der Waals surface area contributed by atoms with E-state index in [1.54, 1.807) is 33.9 Å². The number of imidazole rings is 1. The van der Waals surface area contributed by atoms with Crippen LogP contribution in [0.25, 0.3) is 5.65 Å². The minimum atomic E-state index is -3.78. The molecular formula is C17H28N2O6P2. The van der Waals surface area contributed by atoms with Gasteiger partial charge in [0.25, 0.3) is 0 Å². The number of nitrogens with zero attached hydrogens (tertiary/aromatic N) is 2. The Balaban J connectivity index is 2.54. The van der Waals surface area contributed by atoms with Gasteiger partial charge in [-0.2, -0.15) is 0 Å². The van der Waals surface area contributed by atoms with Crippen LogP contribution in [0.4, 0.5) is 0 Å². The SMILES string of the molecule is CCOP(=O)(OCC)C(Cc1cnc2ccccn12)P(=O)(OCC)OCC. The van der Waals surface area contributed by atoms with E-state index in [4.69, 9.17) is 18.1 Å². The average molecular weight is 418 g/mol. The number of aromatic nitrogens is 2. The lowest BCUT2D eigenvalue weighted by atomic mass is 10.3. The van der Waals surface area contributed by atoms with Gasteiger partial charge in [-0.25, -0.2) is 4.98 Å². The molecule has 27 heavy (non-hydrogen) atoms. The molecule has 152 valence electrons. The maximum atomic E-state index is 13.6. The molecule has 0 atom stereocenters. The summed E-state index contributed by atoms with van der Waals surface area (Å²) in [5, 5.41) is -1.09. The normalized spacial score (nSPS) is 12.9. The van der Waals surface area contributed by atoms with Crippen molar-refractivity contribution in [1.29, 1.82) is 0 Å². The summed E-state index contributed by atoms with van der Waals surface area (Å²) in [6, 6.07) is 5.59. The van der Waals surface area contributed by atoms with Crippen molar-refractivity contribution in [2.45, 2.75) is 39.5 Å². The van der Waals surface area contributed by atoms with Crippen LogP contribution in [0, 0.1) is 0 Å². The monoisotopic (exact) mass is 418 g/mol. The van der Waals surface area contributed by atoms with Gasteiger partial charge in [0.15, 0.2) is 5.40 Å². The van der Waals surface area contributed by atoms with E-state index in [0.29, 0.717) is 0 Å². The van der Waals surface area contributed by atoms with E-state index in [9.17, 15) is 9.13 Å². The zero-order chi connectivity index (χ0) is 19.9. The van der Waals surface area contributed by atoms with Crippen LogP contribution < -0.4 is 0 Å². The van der Waals surface area contributed by atoms with Crippen molar-refractivity contribution in [1.82, 2.24) is 9.38 Å². The molecule has 0 fully saturated rings. The minimum Gasteiger partial charge on any atom is -0.308 e. The van der Waals surface area contributed by atoms with Crippen molar-refractivity contribution in [3.8, 4) is 0 Å². The lowest BCUT2D eigenvalue weighted by molar-refractivity contribution is 0.194. The van der Waals surface area contributed by atoms with Gasteiger partial charge in [-0.05, 0) is 39.8 Å². The van der Waals surface area contributed by atoms with Crippen molar-refractivity contribution in [3.05, 3.63) is 36.3 Å². The van der Waals surface area contributed by atoms with Crippen molar-refractivity contribution in [2.75, 3.05) is 26.4 Å². The van der Waals surface area contributed by atoms with Gasteiger partial charge >= 0.3 is 15.2 Å². The summed E-state index contributed by atoms with van der Waals surface area (Å²) in [5.41, 5.74) is 1.45. The van der Waals surface area contributed by atoms with E-state index in [1.807, 2.05) is 28.8 Å². The van der Waals surface area contributed by atoms with Gasteiger partial charge in [0.1, 0.15) is 5.65 Å². The first-order chi connectivity index (χ1) is 12.9. The number of pyridine rings is 1. The summed E-state index contributed by atoms with van der Waals surface area (Å²) in [4.78, 5) is 4.34. The molecule has 0 aromatic carbocycles. The molecule has 2 rings (SSSR count). The fraction of sp³-hybridized carbons (Fsp3) is 0.588. The molecule has 0 amide bonds. The molecular weight excluding hydrogens is 390 g/mol. The molecule has 0 radical (unpaired) electrons. The summed E-state index contributed by atoms with van der Waals surface area (Å²) in [5.74, 6) is 0. The largest absolute Gasteiger partial charge is 0.346 e. The molecule has 0 aliphatic heterocycles. The first-order valence-electron chi connectivity index (χ1n) is 9.12. The summed E-state index contributed by atoms with van der Waals surface area (Å²) >= 11 is 0. The molecule has 0 saturated carbocycles. The van der Waals surface area contributed by atoms with Crippen LogP contribution in [0.5, 0.6) is 0 Å². The molecule has 10 heteroatoms. The first kappa shape index (κ1) is 22.3. The van der Waals surface area contributed by atoms with Gasteiger partial charge in [-0.15, -0.1) is 0 Å². The third kappa shape index (κ3) is 5.08. The zero-order valence-electron chi connectivity index (χ0n) is 16.2. The lowest BCUT2D eigenvalue weighted by Crippen LogP contribution is -2.21. The molecule has 0 bridgehead atoms. The maximum Gasteiger partial charge on any atom is 0.346 e. The highest BCUT2D eigenvalue weighted by atomic mass is 31.2. The Bertz CT molecular complexity index is 775. The Morgan fingerprint density at radius 2 is 1.44 bits per heavy atom. The maximum absolute atomic E-state index is 13.6. The Hall–Kier alpha value is -1.01. The quantitative estimate of drug-likeness (QED) is 0.460. The van der Waals surface area contributed by atoms with Crippen LogP contribution in [0.3, 0.4) is 0 Å². The molecule has 2 aromatic heterocycles. The Kier molecular flexibility index (Phi) is 8.22. The van der Waals surface area contributed by atoms with Crippen LogP contribution in [-0.2, 0) is 33.6 Å². The topological polar surface area (TPSA) is 88.4 Å². The van der Waals surface area contributed by atoms with E-state index in [2.05, 4.69) is 4.98 Å². The zero-order valence-corrected chi connectivity index (χ0v) is 18.0. The first-order valence-corrected chi connectivity index (χ1v) is 12.3. The Morgan fingerprint density at radius 3 is 1.93 bits per heavy atom. The van der Waals surface area contributed by atoms with E-state index >= 15 is 0 Å². The van der Waals surface area contributed by atoms with Crippen LogP contribution in [0.2, 0.25) is 0 Å². The highest BCUT2D eigenvalue weighted by Crippen LogP contribution is 2.71. The van der Waals surface area contributed by atoms with Crippen molar-refractivity contribution < 1.29 is 27.2 Å². The molecule has 0 saturated heterocycles. The lowest BCUT2D eigenvalue weighted by Gasteiger charge is -2.31. The smallest absolute Gasteiger partial charge is 0.308 e. The average Bonchev–Trinajstić information content (AvgIpc) is 3.03. The molecule has 0 unspecified atom stereocenters. The second kappa shape index (κ2) is 9.97. The number of fused-ring (bicyclic) bond motifs is 1. The highest BCUT2D eigenvalue weighted by molar-refractivity contribution is 7.72. The fourth-order valence-corrected chi connectivity index (χ4v) is 8.14. The van der Waals surface area contributed by atoms with E-state index in [0.717, 1.165) is 11.3 Å². The molecule has 0 aliphatic rings. The summed E-state index contributed by atoms with van der Waals surface area (Å²) in [7, 11) is -7.57. The highest BCUT2D eigenvalue weighted by Gasteiger charge is 2.51. The molecule has 2 heterocycles. The Morgan fingerprint density at radius 1 is 0.926 bits per heavy atom. The number of rotatable bonds is 12. The second-order valence-corrected chi connectivity index (χ2v) is 10.5. The van der Waals surface area contributed by atoms with Gasteiger partial charge in [-0.1, -0.05) is 6.07 Å². The third-order valence-corrected chi connectivity index (χ3v) is 9.85. The predicted molar refractivity (Wildman–Crippen MR) is 104 cm³/mol. The number of hydrogen-bond donors (Lipinski definition) is 0. The molecule has 0 aliphatic carbocycles. The molecule has 8 nitrogen and oxygen atoms in total. The van der Waals surface area contributed by atoms with Crippen LogP contribution >= 0.6 is 15.2 Å². The summed E-state index contributed by atoms with van der Waals surface area (Å²) in [6.45, 7) is 7.45. The van der Waals surface area contributed by atoms with E-state index in [1.165, 1.54) is 0 Å². The van der Waals surface area contributed by atoms with Crippen molar-refractivity contribution in [2.24, 2.45) is 0 Å². The van der Waals surface area contributed by atoms with Gasteiger partial charge in [-0.3, -0.25) is 9.13 Å². The van der Waals surface area contributed by atoms with Gasteiger partial charge < -0.3 is 22.5 Å². The van der Waals surface area contributed by atoms with E-state index < -0.39 is 20.6 Å². The van der Waals surface area contributed by atoms with Crippen molar-refractivity contribution >= 4 is 20.8 Å². The molecule has 0 N–H and O–H groups in total. The van der Waals surface area contributed by atoms with Crippen LogP contribution in [0.1, 0.15) is 33.4 Å². The predicted octanol–water partition coefficient (Wildman–Crippen LogP) is 4.74. The second-order valence-electron chi connectivity index (χ2n) is 5.61. The van der Waals surface area contributed by atoms with Gasteiger partial charge in [0, 0.05) is 24.5 Å². The Labute approximate surface area is 160 Å². The third-order valence-electron chi connectivity index (χ3n) is 3.85. The molecule has 2 aromatic rings.